The van der Waals surface area contributed by atoms with Crippen LogP contribution in [0.5, 0.6) is 0 Å². The summed E-state index contributed by atoms with van der Waals surface area (Å²) in [7, 11) is 0. The zero-order valence-electron chi connectivity index (χ0n) is 12.6. The first-order valence-corrected chi connectivity index (χ1v) is 8.05. The Morgan fingerprint density at radius 2 is 2.00 bits per heavy atom. The van der Waals surface area contributed by atoms with Gasteiger partial charge < -0.3 is 14.8 Å². The highest BCUT2D eigenvalue weighted by molar-refractivity contribution is 6.32. The van der Waals surface area contributed by atoms with Gasteiger partial charge in [0.2, 0.25) is 0 Å². The normalized spacial score (nSPS) is 22.1. The maximum atomic E-state index is 11.7. The fraction of sp³-hybridized carbons (Fsp3) is 0.471. The Labute approximate surface area is 134 Å². The second-order valence-corrected chi connectivity index (χ2v) is 6.48. The van der Waals surface area contributed by atoms with Crippen molar-refractivity contribution < 1.29 is 9.52 Å². The molecule has 1 heterocycles. The van der Waals surface area contributed by atoms with E-state index in [-0.39, 0.29) is 11.7 Å². The Morgan fingerprint density at radius 3 is 2.73 bits per heavy atom. The Kier molecular flexibility index (Phi) is 4.52. The van der Waals surface area contributed by atoms with Crippen LogP contribution in [-0.2, 0) is 6.54 Å². The van der Waals surface area contributed by atoms with Gasteiger partial charge in [0, 0.05) is 29.1 Å². The minimum Gasteiger partial charge on any atom is -0.423 e. The van der Waals surface area contributed by atoms with Crippen molar-refractivity contribution in [2.45, 2.75) is 51.3 Å². The molecule has 1 aliphatic carbocycles. The van der Waals surface area contributed by atoms with Gasteiger partial charge in [-0.25, -0.2) is 4.79 Å². The lowest BCUT2D eigenvalue weighted by atomic mass is 9.93. The second kappa shape index (κ2) is 6.41. The van der Waals surface area contributed by atoms with E-state index in [1.165, 1.54) is 6.07 Å². The molecule has 0 radical (unpaired) electrons. The zero-order valence-corrected chi connectivity index (χ0v) is 13.3. The fourth-order valence-electron chi connectivity index (χ4n) is 3.03. The first kappa shape index (κ1) is 15.5. The molecule has 22 heavy (non-hydrogen) atoms. The van der Waals surface area contributed by atoms with E-state index in [9.17, 15) is 9.90 Å². The molecular formula is C17H20ClNO3. The molecule has 2 N–H and O–H groups in total. The third-order valence-corrected chi connectivity index (χ3v) is 4.79. The lowest BCUT2D eigenvalue weighted by Crippen LogP contribution is -2.34. The summed E-state index contributed by atoms with van der Waals surface area (Å²) in [5.41, 5.74) is 2.03. The number of halogens is 1. The van der Waals surface area contributed by atoms with Crippen LogP contribution in [0.1, 0.15) is 36.8 Å². The highest BCUT2D eigenvalue weighted by Gasteiger charge is 2.19. The molecule has 118 valence electrons. The first-order valence-electron chi connectivity index (χ1n) is 7.67. The molecule has 0 atom stereocenters. The van der Waals surface area contributed by atoms with E-state index >= 15 is 0 Å². The highest BCUT2D eigenvalue weighted by atomic mass is 35.5. The Hall–Kier alpha value is -1.36. The largest absolute Gasteiger partial charge is 0.423 e. The van der Waals surface area contributed by atoms with Gasteiger partial charge in [0.15, 0.2) is 0 Å². The predicted molar refractivity (Wildman–Crippen MR) is 87.3 cm³/mol. The number of hydrogen-bond donors (Lipinski definition) is 2. The van der Waals surface area contributed by atoms with Gasteiger partial charge in [0.25, 0.3) is 0 Å². The van der Waals surface area contributed by atoms with Gasteiger partial charge in [0.05, 0.1) is 6.10 Å². The molecule has 0 aliphatic heterocycles. The fourth-order valence-corrected chi connectivity index (χ4v) is 3.19. The summed E-state index contributed by atoms with van der Waals surface area (Å²) in [4.78, 5) is 11.7. The van der Waals surface area contributed by atoms with Crippen LogP contribution in [0.2, 0.25) is 5.02 Å². The van der Waals surface area contributed by atoms with E-state index in [1.807, 2.05) is 13.0 Å². The van der Waals surface area contributed by atoms with Gasteiger partial charge >= 0.3 is 5.63 Å². The maximum Gasteiger partial charge on any atom is 0.336 e. The SMILES string of the molecule is Cc1cc2oc(=O)cc(CNC3CCC(O)CC3)c2cc1Cl. The van der Waals surface area contributed by atoms with Gasteiger partial charge in [-0.2, -0.15) is 0 Å². The van der Waals surface area contributed by atoms with Crippen LogP contribution in [-0.4, -0.2) is 17.3 Å². The smallest absolute Gasteiger partial charge is 0.336 e. The number of hydrogen-bond acceptors (Lipinski definition) is 4. The van der Waals surface area contributed by atoms with Crippen molar-refractivity contribution in [1.29, 1.82) is 0 Å². The summed E-state index contributed by atoms with van der Waals surface area (Å²) < 4.78 is 5.27. The Balaban J connectivity index is 1.83. The monoisotopic (exact) mass is 321 g/mol. The number of aliphatic hydroxyl groups excluding tert-OH is 1. The molecule has 1 fully saturated rings. The lowest BCUT2D eigenvalue weighted by Gasteiger charge is -2.26. The van der Waals surface area contributed by atoms with E-state index in [1.54, 1.807) is 6.07 Å². The third-order valence-electron chi connectivity index (χ3n) is 4.39. The van der Waals surface area contributed by atoms with Gasteiger partial charge in [-0.1, -0.05) is 11.6 Å². The minimum absolute atomic E-state index is 0.163. The molecule has 5 heteroatoms. The van der Waals surface area contributed by atoms with E-state index in [0.717, 1.165) is 42.2 Å². The average Bonchev–Trinajstić information content (AvgIpc) is 2.48. The van der Waals surface area contributed by atoms with Crippen LogP contribution >= 0.6 is 11.6 Å². The van der Waals surface area contributed by atoms with Crippen molar-refractivity contribution in [2.24, 2.45) is 0 Å². The molecule has 0 amide bonds. The van der Waals surface area contributed by atoms with E-state index < -0.39 is 0 Å². The van der Waals surface area contributed by atoms with Crippen LogP contribution < -0.4 is 10.9 Å². The summed E-state index contributed by atoms with van der Waals surface area (Å²) in [6.07, 6.45) is 3.42. The zero-order chi connectivity index (χ0) is 15.7. The van der Waals surface area contributed by atoms with Crippen LogP contribution in [0, 0.1) is 6.92 Å². The van der Waals surface area contributed by atoms with Crippen LogP contribution in [0.3, 0.4) is 0 Å². The van der Waals surface area contributed by atoms with Crippen molar-refractivity contribution in [3.63, 3.8) is 0 Å². The third kappa shape index (κ3) is 3.35. The summed E-state index contributed by atoms with van der Waals surface area (Å²) in [6.45, 7) is 2.49. The summed E-state index contributed by atoms with van der Waals surface area (Å²) in [5.74, 6) is 0. The average molecular weight is 322 g/mol. The topological polar surface area (TPSA) is 62.5 Å². The maximum absolute atomic E-state index is 11.7. The van der Waals surface area contributed by atoms with Crippen molar-refractivity contribution >= 4 is 22.6 Å². The van der Waals surface area contributed by atoms with E-state index in [4.69, 9.17) is 16.0 Å². The molecule has 1 aromatic carbocycles. The van der Waals surface area contributed by atoms with Gasteiger partial charge in [-0.3, -0.25) is 0 Å². The molecule has 0 bridgehead atoms. The highest BCUT2D eigenvalue weighted by Crippen LogP contribution is 2.25. The van der Waals surface area contributed by atoms with Crippen molar-refractivity contribution in [2.75, 3.05) is 0 Å². The molecule has 0 unspecified atom stereocenters. The molecule has 2 aromatic rings. The second-order valence-electron chi connectivity index (χ2n) is 6.07. The van der Waals surface area contributed by atoms with Gasteiger partial charge in [-0.15, -0.1) is 0 Å². The molecule has 1 aliphatic rings. The van der Waals surface area contributed by atoms with Crippen LogP contribution in [0.4, 0.5) is 0 Å². The van der Waals surface area contributed by atoms with Crippen LogP contribution in [0.25, 0.3) is 11.0 Å². The molecule has 0 saturated heterocycles. The van der Waals surface area contributed by atoms with Crippen molar-refractivity contribution in [3.8, 4) is 0 Å². The van der Waals surface area contributed by atoms with Crippen molar-refractivity contribution in [3.05, 3.63) is 44.8 Å². The molecule has 1 aromatic heterocycles. The first-order chi connectivity index (χ1) is 10.5. The molecular weight excluding hydrogens is 302 g/mol. The summed E-state index contributed by atoms with van der Waals surface area (Å²) >= 11 is 6.20. The molecule has 1 saturated carbocycles. The van der Waals surface area contributed by atoms with Crippen molar-refractivity contribution in [1.82, 2.24) is 5.32 Å². The lowest BCUT2D eigenvalue weighted by molar-refractivity contribution is 0.116. The molecule has 0 spiro atoms. The van der Waals surface area contributed by atoms with Gasteiger partial charge in [-0.05, 0) is 55.9 Å². The van der Waals surface area contributed by atoms with E-state index in [0.29, 0.717) is 23.2 Å². The van der Waals surface area contributed by atoms with Gasteiger partial charge in [0.1, 0.15) is 5.58 Å². The minimum atomic E-state index is -0.343. The molecule has 3 rings (SSSR count). The quantitative estimate of drug-likeness (QED) is 0.852. The number of fused-ring (bicyclic) bond motifs is 1. The number of benzene rings is 1. The number of rotatable bonds is 3. The van der Waals surface area contributed by atoms with E-state index in [2.05, 4.69) is 5.32 Å². The Morgan fingerprint density at radius 1 is 1.27 bits per heavy atom. The number of nitrogens with one attached hydrogen (secondary N) is 1. The predicted octanol–water partition coefficient (Wildman–Crippen LogP) is 3.15. The number of aliphatic hydroxyl groups is 1. The number of aryl methyl sites for hydroxylation is 1. The summed E-state index contributed by atoms with van der Waals surface area (Å²) in [5, 5.41) is 14.6. The molecule has 4 nitrogen and oxygen atoms in total. The Bertz CT molecular complexity index is 732. The standard InChI is InChI=1S/C17H20ClNO3/c1-10-6-16-14(8-15(10)18)11(7-17(21)22-16)9-19-12-2-4-13(20)5-3-12/h6-8,12-13,19-20H,2-5,9H2,1H3. The summed E-state index contributed by atoms with van der Waals surface area (Å²) in [6, 6.07) is 5.57. The van der Waals surface area contributed by atoms with Crippen LogP contribution in [0.15, 0.2) is 27.4 Å².